The second-order valence-corrected chi connectivity index (χ2v) is 6.61. The molecule has 0 aliphatic rings. The van der Waals surface area contributed by atoms with E-state index in [2.05, 4.69) is 4.98 Å². The van der Waals surface area contributed by atoms with Crippen LogP contribution in [0.3, 0.4) is 0 Å². The standard InChI is InChI=1S/C20H16Cl2N2O3/c21-16-5-2-6-17(22)15(16)7-8-27-18-10-14(11-24-19(18)23)12-3-1-4-13(9-12)20(25)26/h1-6,9-11H,7-8H2,(H2,23,24)(H,25,26). The van der Waals surface area contributed by atoms with Crippen LogP contribution >= 0.6 is 23.2 Å². The van der Waals surface area contributed by atoms with Crippen molar-refractivity contribution in [1.82, 2.24) is 4.98 Å². The van der Waals surface area contributed by atoms with E-state index >= 15 is 0 Å². The molecule has 2 aromatic carbocycles. The van der Waals surface area contributed by atoms with Crippen molar-refractivity contribution >= 4 is 35.0 Å². The van der Waals surface area contributed by atoms with Crippen LogP contribution in [0.4, 0.5) is 5.82 Å². The summed E-state index contributed by atoms with van der Waals surface area (Å²) in [6.45, 7) is 0.313. The molecule has 3 N–H and O–H groups in total. The summed E-state index contributed by atoms with van der Waals surface area (Å²) in [6, 6.07) is 13.6. The van der Waals surface area contributed by atoms with Gasteiger partial charge in [-0.3, -0.25) is 0 Å². The lowest BCUT2D eigenvalue weighted by Crippen LogP contribution is -2.05. The fraction of sp³-hybridized carbons (Fsp3) is 0.100. The molecule has 0 amide bonds. The number of nitrogens with zero attached hydrogens (tertiary/aromatic N) is 1. The number of halogens is 2. The van der Waals surface area contributed by atoms with Crippen molar-refractivity contribution in [1.29, 1.82) is 0 Å². The third-order valence-corrected chi connectivity index (χ3v) is 4.70. The number of aromatic nitrogens is 1. The van der Waals surface area contributed by atoms with E-state index < -0.39 is 5.97 Å². The second-order valence-electron chi connectivity index (χ2n) is 5.79. The van der Waals surface area contributed by atoms with Crippen LogP contribution in [0.1, 0.15) is 15.9 Å². The average molecular weight is 403 g/mol. The first-order chi connectivity index (χ1) is 13.0. The van der Waals surface area contributed by atoms with Crippen LogP contribution in [-0.4, -0.2) is 22.7 Å². The molecule has 3 aromatic rings. The molecule has 1 aromatic heterocycles. The molecule has 0 fully saturated rings. The minimum atomic E-state index is -0.992. The Morgan fingerprint density at radius 2 is 1.78 bits per heavy atom. The van der Waals surface area contributed by atoms with E-state index in [1.807, 2.05) is 0 Å². The Kier molecular flexibility index (Phi) is 5.84. The van der Waals surface area contributed by atoms with Crippen LogP contribution in [-0.2, 0) is 6.42 Å². The van der Waals surface area contributed by atoms with Crippen LogP contribution in [0, 0.1) is 0 Å². The molecule has 138 valence electrons. The van der Waals surface area contributed by atoms with Crippen LogP contribution in [0.5, 0.6) is 5.75 Å². The van der Waals surface area contributed by atoms with E-state index in [1.54, 1.807) is 48.7 Å². The van der Waals surface area contributed by atoms with Crippen LogP contribution in [0.2, 0.25) is 10.0 Å². The summed E-state index contributed by atoms with van der Waals surface area (Å²) in [7, 11) is 0. The SMILES string of the molecule is Nc1ncc(-c2cccc(C(=O)O)c2)cc1OCCc1c(Cl)cccc1Cl. The van der Waals surface area contributed by atoms with Gasteiger partial charge >= 0.3 is 5.97 Å². The van der Waals surface area contributed by atoms with Gasteiger partial charge in [0, 0.05) is 28.2 Å². The second kappa shape index (κ2) is 8.29. The minimum Gasteiger partial charge on any atom is -0.489 e. The Labute approximate surface area is 166 Å². The van der Waals surface area contributed by atoms with Gasteiger partial charge in [-0.2, -0.15) is 0 Å². The number of rotatable bonds is 6. The maximum absolute atomic E-state index is 11.2. The number of nitrogens with two attached hydrogens (primary N) is 1. The fourth-order valence-electron chi connectivity index (χ4n) is 2.59. The summed E-state index contributed by atoms with van der Waals surface area (Å²) in [5, 5.41) is 10.3. The molecule has 0 unspecified atom stereocenters. The molecular formula is C20H16Cl2N2O3. The number of carboxylic acid groups (broad SMARTS) is 1. The van der Waals surface area contributed by atoms with Crippen LogP contribution in [0.25, 0.3) is 11.1 Å². The van der Waals surface area contributed by atoms with Gasteiger partial charge in [-0.05, 0) is 41.5 Å². The largest absolute Gasteiger partial charge is 0.489 e. The molecule has 5 nitrogen and oxygen atoms in total. The molecule has 0 saturated heterocycles. The average Bonchev–Trinajstić information content (AvgIpc) is 2.65. The van der Waals surface area contributed by atoms with Gasteiger partial charge in [0.25, 0.3) is 0 Å². The van der Waals surface area contributed by atoms with Gasteiger partial charge in [-0.1, -0.05) is 41.4 Å². The molecule has 3 rings (SSSR count). The van der Waals surface area contributed by atoms with Gasteiger partial charge in [0.1, 0.15) is 0 Å². The van der Waals surface area contributed by atoms with Gasteiger partial charge in [0.15, 0.2) is 11.6 Å². The van der Waals surface area contributed by atoms with Crippen molar-refractivity contribution in [2.75, 3.05) is 12.3 Å². The number of aromatic carboxylic acids is 1. The number of ether oxygens (including phenoxy) is 1. The lowest BCUT2D eigenvalue weighted by atomic mass is 10.0. The first kappa shape index (κ1) is 19.0. The van der Waals surface area contributed by atoms with E-state index in [-0.39, 0.29) is 11.4 Å². The normalized spacial score (nSPS) is 10.6. The highest BCUT2D eigenvalue weighted by Gasteiger charge is 2.10. The Morgan fingerprint density at radius 3 is 2.48 bits per heavy atom. The van der Waals surface area contributed by atoms with Crippen molar-refractivity contribution in [3.05, 3.63) is 75.9 Å². The third kappa shape index (κ3) is 4.51. The number of carboxylic acids is 1. The highest BCUT2D eigenvalue weighted by Crippen LogP contribution is 2.29. The predicted molar refractivity (Wildman–Crippen MR) is 107 cm³/mol. The molecule has 0 aliphatic carbocycles. The number of carbonyl (C=O) groups is 1. The summed E-state index contributed by atoms with van der Waals surface area (Å²) in [6.07, 6.45) is 2.09. The zero-order chi connectivity index (χ0) is 19.4. The number of hydrogen-bond acceptors (Lipinski definition) is 4. The van der Waals surface area contributed by atoms with Crippen LogP contribution < -0.4 is 10.5 Å². The topological polar surface area (TPSA) is 85.4 Å². The van der Waals surface area contributed by atoms with Gasteiger partial charge in [-0.15, -0.1) is 0 Å². The van der Waals surface area contributed by atoms with Crippen molar-refractivity contribution in [2.45, 2.75) is 6.42 Å². The Bertz CT molecular complexity index is 972. The van der Waals surface area contributed by atoms with Gasteiger partial charge in [-0.25, -0.2) is 9.78 Å². The highest BCUT2D eigenvalue weighted by molar-refractivity contribution is 6.35. The maximum atomic E-state index is 11.2. The fourth-order valence-corrected chi connectivity index (χ4v) is 3.18. The molecule has 0 atom stereocenters. The maximum Gasteiger partial charge on any atom is 0.335 e. The molecule has 0 saturated carbocycles. The summed E-state index contributed by atoms with van der Waals surface area (Å²) in [4.78, 5) is 15.3. The zero-order valence-corrected chi connectivity index (χ0v) is 15.7. The first-order valence-electron chi connectivity index (χ1n) is 8.10. The van der Waals surface area contributed by atoms with E-state index in [0.717, 1.165) is 5.56 Å². The molecule has 0 aliphatic heterocycles. The smallest absolute Gasteiger partial charge is 0.335 e. The molecule has 1 heterocycles. The summed E-state index contributed by atoms with van der Waals surface area (Å²) in [5.41, 5.74) is 8.32. The molecular weight excluding hydrogens is 387 g/mol. The lowest BCUT2D eigenvalue weighted by molar-refractivity contribution is 0.0697. The highest BCUT2D eigenvalue weighted by atomic mass is 35.5. The Morgan fingerprint density at radius 1 is 1.07 bits per heavy atom. The number of hydrogen-bond donors (Lipinski definition) is 2. The molecule has 0 bridgehead atoms. The number of anilines is 1. The van der Waals surface area contributed by atoms with Crippen LogP contribution in [0.15, 0.2) is 54.7 Å². The van der Waals surface area contributed by atoms with E-state index in [4.69, 9.17) is 38.8 Å². The number of nitrogen functional groups attached to an aromatic ring is 1. The Balaban J connectivity index is 1.78. The summed E-state index contributed by atoms with van der Waals surface area (Å²) >= 11 is 12.3. The monoisotopic (exact) mass is 402 g/mol. The third-order valence-electron chi connectivity index (χ3n) is 4.00. The van der Waals surface area contributed by atoms with Crippen molar-refractivity contribution in [2.24, 2.45) is 0 Å². The van der Waals surface area contributed by atoms with Gasteiger partial charge in [0.05, 0.1) is 12.2 Å². The predicted octanol–water partition coefficient (Wildman–Crippen LogP) is 4.96. The number of pyridine rings is 1. The summed E-state index contributed by atoms with van der Waals surface area (Å²) in [5.74, 6) is -0.330. The lowest BCUT2D eigenvalue weighted by Gasteiger charge is -2.12. The quantitative estimate of drug-likeness (QED) is 0.608. The molecule has 0 radical (unpaired) electrons. The van der Waals surface area contributed by atoms with Gasteiger partial charge in [0.2, 0.25) is 0 Å². The molecule has 7 heteroatoms. The molecule has 0 spiro atoms. The van der Waals surface area contributed by atoms with Gasteiger partial charge < -0.3 is 15.6 Å². The zero-order valence-electron chi connectivity index (χ0n) is 14.2. The molecule has 27 heavy (non-hydrogen) atoms. The minimum absolute atomic E-state index is 0.195. The van der Waals surface area contributed by atoms with Crippen molar-refractivity contribution < 1.29 is 14.6 Å². The van der Waals surface area contributed by atoms with E-state index in [1.165, 1.54) is 6.07 Å². The summed E-state index contributed by atoms with van der Waals surface area (Å²) < 4.78 is 5.77. The Hall–Kier alpha value is -2.76. The van der Waals surface area contributed by atoms with Crippen molar-refractivity contribution in [3.63, 3.8) is 0 Å². The first-order valence-corrected chi connectivity index (χ1v) is 8.86. The van der Waals surface area contributed by atoms with E-state index in [0.29, 0.717) is 39.9 Å². The number of benzene rings is 2. The van der Waals surface area contributed by atoms with E-state index in [9.17, 15) is 4.79 Å². The van der Waals surface area contributed by atoms with Crippen molar-refractivity contribution in [3.8, 4) is 16.9 Å².